The molecule has 2 aliphatic heterocycles. The maximum Gasteiger partial charge on any atom is 0.226 e. The lowest BCUT2D eigenvalue weighted by atomic mass is 9.92. The summed E-state index contributed by atoms with van der Waals surface area (Å²) >= 11 is 6.20. The minimum absolute atomic E-state index is 0.277. The van der Waals surface area contributed by atoms with E-state index in [-0.39, 0.29) is 5.28 Å². The molecule has 0 radical (unpaired) electrons. The van der Waals surface area contributed by atoms with Crippen LogP contribution in [-0.4, -0.2) is 47.6 Å². The van der Waals surface area contributed by atoms with Gasteiger partial charge in [-0.05, 0) is 42.5 Å². The van der Waals surface area contributed by atoms with Gasteiger partial charge in [-0.1, -0.05) is 43.3 Å². The summed E-state index contributed by atoms with van der Waals surface area (Å²) in [7, 11) is 2.13. The van der Waals surface area contributed by atoms with Crippen molar-refractivity contribution >= 4 is 23.5 Å². The van der Waals surface area contributed by atoms with Crippen LogP contribution < -0.4 is 15.6 Å². The van der Waals surface area contributed by atoms with Gasteiger partial charge >= 0.3 is 0 Å². The second-order valence-electron chi connectivity index (χ2n) is 7.59. The first-order valence-electron chi connectivity index (χ1n) is 9.69. The standard InChI is InChI=1S/C21H26ClN5/c1-15-10-12-27(13-16-7-4-3-5-8-16)14-18(15)26(2)20-17-9-6-11-23-19(17)24-21(22)25-20/h3-5,7-9,15,18H,6,10-14H2,1-2H3/t15-,18+/m1/s1. The third-order valence-electron chi connectivity index (χ3n) is 5.70. The molecule has 2 aromatic rings. The molecule has 4 rings (SSSR count). The molecule has 0 bridgehead atoms. The number of piperidine rings is 1. The second kappa shape index (κ2) is 7.95. The van der Waals surface area contributed by atoms with Crippen LogP contribution in [0.15, 0.2) is 35.3 Å². The normalized spacial score (nSPS) is 22.5. The molecule has 0 saturated carbocycles. The molecule has 0 N–H and O–H groups in total. The van der Waals surface area contributed by atoms with Gasteiger partial charge in [0.1, 0.15) is 5.82 Å². The van der Waals surface area contributed by atoms with Crippen molar-refractivity contribution in [2.75, 3.05) is 31.6 Å². The number of halogens is 1. The van der Waals surface area contributed by atoms with Crippen LogP contribution in [-0.2, 0) is 6.54 Å². The van der Waals surface area contributed by atoms with Crippen molar-refractivity contribution in [3.8, 4) is 0 Å². The van der Waals surface area contributed by atoms with Gasteiger partial charge in [-0.3, -0.25) is 9.89 Å². The van der Waals surface area contributed by atoms with Crippen LogP contribution in [0.2, 0.25) is 5.28 Å². The summed E-state index contributed by atoms with van der Waals surface area (Å²) in [4.78, 5) is 18.3. The highest BCUT2D eigenvalue weighted by atomic mass is 35.5. The number of hydrogen-bond donors (Lipinski definition) is 0. The molecule has 5 nitrogen and oxygen atoms in total. The smallest absolute Gasteiger partial charge is 0.226 e. The van der Waals surface area contributed by atoms with Gasteiger partial charge in [-0.15, -0.1) is 0 Å². The number of rotatable bonds is 4. The Balaban J connectivity index is 1.59. The van der Waals surface area contributed by atoms with Gasteiger partial charge in [-0.25, -0.2) is 0 Å². The zero-order valence-electron chi connectivity index (χ0n) is 16.0. The van der Waals surface area contributed by atoms with E-state index in [0.717, 1.165) is 49.1 Å². The number of aromatic nitrogens is 2. The van der Waals surface area contributed by atoms with Crippen LogP contribution in [0.5, 0.6) is 0 Å². The lowest BCUT2D eigenvalue weighted by Gasteiger charge is -2.42. The van der Waals surface area contributed by atoms with E-state index in [1.165, 1.54) is 12.0 Å². The highest BCUT2D eigenvalue weighted by Gasteiger charge is 2.30. The summed E-state index contributed by atoms with van der Waals surface area (Å²) in [5.41, 5.74) is 2.09. The van der Waals surface area contributed by atoms with E-state index in [2.05, 4.69) is 75.1 Å². The third kappa shape index (κ3) is 3.99. The lowest BCUT2D eigenvalue weighted by molar-refractivity contribution is 0.159. The molecule has 0 aliphatic carbocycles. The number of hydrogen-bond acceptors (Lipinski definition) is 5. The monoisotopic (exact) mass is 383 g/mol. The minimum Gasteiger partial charge on any atom is -0.354 e. The molecule has 0 unspecified atom stereocenters. The van der Waals surface area contributed by atoms with Crippen molar-refractivity contribution in [3.63, 3.8) is 0 Å². The van der Waals surface area contributed by atoms with Crippen molar-refractivity contribution in [1.82, 2.24) is 14.9 Å². The van der Waals surface area contributed by atoms with Gasteiger partial charge in [0.15, 0.2) is 5.49 Å². The predicted molar refractivity (Wildman–Crippen MR) is 109 cm³/mol. The summed E-state index contributed by atoms with van der Waals surface area (Å²) in [5, 5.41) is 1.31. The molecule has 2 aliphatic rings. The SMILES string of the molecule is C[C@@H]1CCN(Cc2ccccc2)C[C@@H]1N(C)c1nc(Cl)nc2c1=CCCN=2. The second-order valence-corrected chi connectivity index (χ2v) is 7.93. The predicted octanol–water partition coefficient (Wildman–Crippen LogP) is 2.28. The highest BCUT2D eigenvalue weighted by Crippen LogP contribution is 2.24. The van der Waals surface area contributed by atoms with Crippen molar-refractivity contribution in [1.29, 1.82) is 0 Å². The average molecular weight is 384 g/mol. The van der Waals surface area contributed by atoms with E-state index in [9.17, 15) is 0 Å². The van der Waals surface area contributed by atoms with Crippen LogP contribution >= 0.6 is 11.6 Å². The maximum absolute atomic E-state index is 6.20. The van der Waals surface area contributed by atoms with Crippen LogP contribution in [0.25, 0.3) is 6.08 Å². The molecule has 1 saturated heterocycles. The van der Waals surface area contributed by atoms with E-state index in [1.54, 1.807) is 0 Å². The van der Waals surface area contributed by atoms with Gasteiger partial charge in [-0.2, -0.15) is 9.97 Å². The van der Waals surface area contributed by atoms with Crippen molar-refractivity contribution < 1.29 is 0 Å². The van der Waals surface area contributed by atoms with E-state index in [0.29, 0.717) is 12.0 Å². The molecular weight excluding hydrogens is 358 g/mol. The molecule has 0 amide bonds. The van der Waals surface area contributed by atoms with Gasteiger partial charge in [0, 0.05) is 32.7 Å². The largest absolute Gasteiger partial charge is 0.354 e. The van der Waals surface area contributed by atoms with Crippen LogP contribution in [0.4, 0.5) is 5.82 Å². The number of likely N-dealkylation sites (tertiary alicyclic amines) is 1. The number of anilines is 1. The summed E-state index contributed by atoms with van der Waals surface area (Å²) in [5.74, 6) is 1.50. The fourth-order valence-electron chi connectivity index (χ4n) is 4.13. The van der Waals surface area contributed by atoms with E-state index in [4.69, 9.17) is 11.6 Å². The summed E-state index contributed by atoms with van der Waals surface area (Å²) in [6.07, 6.45) is 4.30. The lowest BCUT2D eigenvalue weighted by Crippen LogP contribution is -2.53. The van der Waals surface area contributed by atoms with Gasteiger partial charge in [0.05, 0.1) is 5.22 Å². The highest BCUT2D eigenvalue weighted by molar-refractivity contribution is 6.28. The number of fused-ring (bicyclic) bond motifs is 1. The zero-order chi connectivity index (χ0) is 18.8. The quantitative estimate of drug-likeness (QED) is 0.760. The first-order chi connectivity index (χ1) is 13.1. The fraction of sp³-hybridized carbons (Fsp3) is 0.476. The molecule has 1 aromatic carbocycles. The molecule has 6 heteroatoms. The Hall–Kier alpha value is -1.98. The van der Waals surface area contributed by atoms with Gasteiger partial charge < -0.3 is 4.90 Å². The van der Waals surface area contributed by atoms with Crippen LogP contribution in [0.1, 0.15) is 25.3 Å². The van der Waals surface area contributed by atoms with Crippen LogP contribution in [0, 0.1) is 5.92 Å². The van der Waals surface area contributed by atoms with Crippen molar-refractivity contribution in [3.05, 3.63) is 51.9 Å². The molecule has 2 atom stereocenters. The fourth-order valence-corrected chi connectivity index (χ4v) is 4.29. The minimum atomic E-state index is 0.277. The number of likely N-dealkylation sites (N-methyl/N-ethyl adjacent to an activating group) is 1. The molecule has 142 valence electrons. The average Bonchev–Trinajstić information content (AvgIpc) is 2.69. The molecular formula is C21H26ClN5. The summed E-state index contributed by atoms with van der Waals surface area (Å²) in [6.45, 7) is 6.24. The van der Waals surface area contributed by atoms with Crippen molar-refractivity contribution in [2.24, 2.45) is 10.9 Å². The summed E-state index contributed by atoms with van der Waals surface area (Å²) in [6, 6.07) is 11.1. The Morgan fingerprint density at radius 1 is 1.22 bits per heavy atom. The molecule has 27 heavy (non-hydrogen) atoms. The molecule has 1 aromatic heterocycles. The van der Waals surface area contributed by atoms with Crippen molar-refractivity contribution in [2.45, 2.75) is 32.4 Å². The maximum atomic E-state index is 6.20. The van der Waals surface area contributed by atoms with E-state index < -0.39 is 0 Å². The molecule has 3 heterocycles. The number of nitrogens with zero attached hydrogens (tertiary/aromatic N) is 5. The topological polar surface area (TPSA) is 44.6 Å². The number of benzene rings is 1. The Kier molecular flexibility index (Phi) is 5.41. The van der Waals surface area contributed by atoms with Crippen LogP contribution in [0.3, 0.4) is 0 Å². The van der Waals surface area contributed by atoms with Gasteiger partial charge in [0.25, 0.3) is 0 Å². The Morgan fingerprint density at radius 2 is 2.04 bits per heavy atom. The first kappa shape index (κ1) is 18.4. The van der Waals surface area contributed by atoms with E-state index in [1.807, 2.05) is 0 Å². The Labute approximate surface area is 165 Å². The summed E-state index contributed by atoms with van der Waals surface area (Å²) < 4.78 is 0. The van der Waals surface area contributed by atoms with E-state index >= 15 is 0 Å². The zero-order valence-corrected chi connectivity index (χ0v) is 16.7. The van der Waals surface area contributed by atoms with Gasteiger partial charge in [0.2, 0.25) is 5.28 Å². The first-order valence-corrected chi connectivity index (χ1v) is 10.1. The molecule has 0 spiro atoms. The Morgan fingerprint density at radius 3 is 2.85 bits per heavy atom. The Bertz CT molecular complexity index is 914. The molecule has 1 fully saturated rings. The third-order valence-corrected chi connectivity index (χ3v) is 5.87.